The highest BCUT2D eigenvalue weighted by Gasteiger charge is 2.41. The van der Waals surface area contributed by atoms with E-state index >= 15 is 0 Å². The van der Waals surface area contributed by atoms with Gasteiger partial charge in [0.05, 0.1) is 5.41 Å². The average molecular weight is 386 g/mol. The molecule has 0 unspecified atom stereocenters. The number of aromatic hydroxyl groups is 1. The van der Waals surface area contributed by atoms with Crippen molar-refractivity contribution in [2.24, 2.45) is 0 Å². The van der Waals surface area contributed by atoms with Crippen LogP contribution in [0, 0.1) is 0 Å². The van der Waals surface area contributed by atoms with Crippen molar-refractivity contribution < 1.29 is 5.11 Å². The standard InChI is InChI=1S/C29H22O/c30-27-21-20-22-12-10-11-19-26(22)28(27)29(23-13-4-1-5-14-23,24-15-6-2-7-16-24)25-17-8-3-9-18-25/h1-21,30H. The Balaban J connectivity index is 2.03. The molecule has 1 heteroatoms. The minimum atomic E-state index is -0.658. The van der Waals surface area contributed by atoms with Gasteiger partial charge in [-0.3, -0.25) is 0 Å². The average Bonchev–Trinajstić information content (AvgIpc) is 2.83. The van der Waals surface area contributed by atoms with Crippen molar-refractivity contribution in [1.82, 2.24) is 0 Å². The van der Waals surface area contributed by atoms with E-state index in [1.807, 2.05) is 42.5 Å². The summed E-state index contributed by atoms with van der Waals surface area (Å²) >= 11 is 0. The molecule has 0 spiro atoms. The predicted molar refractivity (Wildman–Crippen MR) is 124 cm³/mol. The van der Waals surface area contributed by atoms with Crippen LogP contribution in [-0.2, 0) is 5.41 Å². The van der Waals surface area contributed by atoms with Crippen LogP contribution in [0.1, 0.15) is 22.3 Å². The number of rotatable bonds is 4. The van der Waals surface area contributed by atoms with Crippen LogP contribution in [0.4, 0.5) is 0 Å². The minimum absolute atomic E-state index is 0.297. The molecule has 30 heavy (non-hydrogen) atoms. The number of phenolic OH excluding ortho intramolecular Hbond substituents is 1. The summed E-state index contributed by atoms with van der Waals surface area (Å²) in [5.41, 5.74) is 3.61. The molecule has 0 aliphatic rings. The van der Waals surface area contributed by atoms with Gasteiger partial charge in [-0.1, -0.05) is 121 Å². The molecule has 0 saturated heterocycles. The van der Waals surface area contributed by atoms with Gasteiger partial charge in [-0.05, 0) is 33.5 Å². The molecule has 1 nitrogen and oxygen atoms in total. The van der Waals surface area contributed by atoms with Gasteiger partial charge in [0.25, 0.3) is 0 Å². The van der Waals surface area contributed by atoms with Crippen LogP contribution in [0.5, 0.6) is 5.75 Å². The number of hydrogen-bond donors (Lipinski definition) is 1. The zero-order chi connectivity index (χ0) is 20.4. The highest BCUT2D eigenvalue weighted by Crippen LogP contribution is 2.50. The third-order valence-corrected chi connectivity index (χ3v) is 5.90. The maximum absolute atomic E-state index is 11.3. The highest BCUT2D eigenvalue weighted by molar-refractivity contribution is 5.91. The van der Waals surface area contributed by atoms with E-state index in [4.69, 9.17) is 0 Å². The van der Waals surface area contributed by atoms with E-state index in [-0.39, 0.29) is 0 Å². The van der Waals surface area contributed by atoms with Gasteiger partial charge in [0.15, 0.2) is 0 Å². The Morgan fingerprint density at radius 3 is 1.37 bits per heavy atom. The lowest BCUT2D eigenvalue weighted by atomic mass is 9.64. The SMILES string of the molecule is Oc1ccc2ccccc2c1C(c1ccccc1)(c1ccccc1)c1ccccc1. The Hall–Kier alpha value is -3.84. The molecular weight excluding hydrogens is 364 g/mol. The summed E-state index contributed by atoms with van der Waals surface area (Å²) in [5, 5.41) is 13.5. The van der Waals surface area contributed by atoms with Gasteiger partial charge < -0.3 is 5.11 Å². The second-order valence-corrected chi connectivity index (χ2v) is 7.53. The first-order valence-electron chi connectivity index (χ1n) is 10.2. The van der Waals surface area contributed by atoms with E-state index in [1.54, 1.807) is 0 Å². The summed E-state index contributed by atoms with van der Waals surface area (Å²) in [6.45, 7) is 0. The zero-order valence-corrected chi connectivity index (χ0v) is 16.6. The van der Waals surface area contributed by atoms with Gasteiger partial charge >= 0.3 is 0 Å². The fourth-order valence-corrected chi connectivity index (χ4v) is 4.65. The molecule has 5 rings (SSSR count). The van der Waals surface area contributed by atoms with Crippen molar-refractivity contribution in [3.05, 3.63) is 150 Å². The Bertz CT molecular complexity index is 1180. The smallest absolute Gasteiger partial charge is 0.121 e. The first-order chi connectivity index (χ1) is 14.8. The third kappa shape index (κ3) is 2.79. The Labute approximate surface area is 176 Å². The molecule has 0 aliphatic carbocycles. The minimum Gasteiger partial charge on any atom is -0.508 e. The Morgan fingerprint density at radius 1 is 0.433 bits per heavy atom. The molecule has 0 heterocycles. The van der Waals surface area contributed by atoms with E-state index in [0.29, 0.717) is 5.75 Å². The van der Waals surface area contributed by atoms with Crippen molar-refractivity contribution in [3.8, 4) is 5.75 Å². The van der Waals surface area contributed by atoms with Crippen molar-refractivity contribution in [2.45, 2.75) is 5.41 Å². The quantitative estimate of drug-likeness (QED) is 0.332. The van der Waals surface area contributed by atoms with Gasteiger partial charge in [0, 0.05) is 5.56 Å². The molecule has 0 atom stereocenters. The summed E-state index contributed by atoms with van der Waals surface area (Å²) in [5.74, 6) is 0.297. The van der Waals surface area contributed by atoms with Crippen molar-refractivity contribution in [1.29, 1.82) is 0 Å². The maximum Gasteiger partial charge on any atom is 0.121 e. The fourth-order valence-electron chi connectivity index (χ4n) is 4.65. The third-order valence-electron chi connectivity index (χ3n) is 5.90. The topological polar surface area (TPSA) is 20.2 Å². The van der Waals surface area contributed by atoms with Gasteiger partial charge in [-0.2, -0.15) is 0 Å². The number of fused-ring (bicyclic) bond motifs is 1. The second-order valence-electron chi connectivity index (χ2n) is 7.53. The van der Waals surface area contributed by atoms with E-state index in [0.717, 1.165) is 33.0 Å². The van der Waals surface area contributed by atoms with Crippen LogP contribution < -0.4 is 0 Å². The summed E-state index contributed by atoms with van der Waals surface area (Å²) in [7, 11) is 0. The number of phenols is 1. The number of benzene rings is 5. The fraction of sp³-hybridized carbons (Fsp3) is 0.0345. The molecule has 1 N–H and O–H groups in total. The molecule has 0 saturated carbocycles. The molecule has 0 aromatic heterocycles. The maximum atomic E-state index is 11.3. The molecule has 0 amide bonds. The highest BCUT2D eigenvalue weighted by atomic mass is 16.3. The van der Waals surface area contributed by atoms with Crippen molar-refractivity contribution >= 4 is 10.8 Å². The van der Waals surface area contributed by atoms with Crippen LogP contribution in [-0.4, -0.2) is 5.11 Å². The summed E-state index contributed by atoms with van der Waals surface area (Å²) < 4.78 is 0. The monoisotopic (exact) mass is 386 g/mol. The van der Waals surface area contributed by atoms with Crippen LogP contribution >= 0.6 is 0 Å². The number of hydrogen-bond acceptors (Lipinski definition) is 1. The van der Waals surface area contributed by atoms with Crippen LogP contribution in [0.3, 0.4) is 0 Å². The molecule has 144 valence electrons. The van der Waals surface area contributed by atoms with E-state index in [1.165, 1.54) is 0 Å². The molecule has 0 aliphatic heterocycles. The van der Waals surface area contributed by atoms with Gasteiger partial charge in [0.2, 0.25) is 0 Å². The van der Waals surface area contributed by atoms with Gasteiger partial charge in [0.1, 0.15) is 5.75 Å². The van der Waals surface area contributed by atoms with E-state index < -0.39 is 5.41 Å². The normalized spacial score (nSPS) is 11.5. The van der Waals surface area contributed by atoms with E-state index in [2.05, 4.69) is 84.9 Å². The first kappa shape index (κ1) is 18.2. The van der Waals surface area contributed by atoms with Crippen LogP contribution in [0.2, 0.25) is 0 Å². The van der Waals surface area contributed by atoms with Crippen LogP contribution in [0.25, 0.3) is 10.8 Å². The molecule has 0 radical (unpaired) electrons. The van der Waals surface area contributed by atoms with Gasteiger partial charge in [-0.15, -0.1) is 0 Å². The predicted octanol–water partition coefficient (Wildman–Crippen LogP) is 6.93. The van der Waals surface area contributed by atoms with Crippen molar-refractivity contribution in [3.63, 3.8) is 0 Å². The lowest BCUT2D eigenvalue weighted by Crippen LogP contribution is -2.31. The second kappa shape index (κ2) is 7.53. The lowest BCUT2D eigenvalue weighted by Gasteiger charge is -2.38. The Kier molecular flexibility index (Phi) is 4.57. The molecule has 5 aromatic carbocycles. The molecular formula is C29H22O. The summed E-state index contributed by atoms with van der Waals surface area (Å²) in [6, 6.07) is 43.5. The molecule has 0 bridgehead atoms. The summed E-state index contributed by atoms with van der Waals surface area (Å²) in [4.78, 5) is 0. The zero-order valence-electron chi connectivity index (χ0n) is 16.6. The molecule has 0 fully saturated rings. The largest absolute Gasteiger partial charge is 0.508 e. The summed E-state index contributed by atoms with van der Waals surface area (Å²) in [6.07, 6.45) is 0. The van der Waals surface area contributed by atoms with E-state index in [9.17, 15) is 5.11 Å². The Morgan fingerprint density at radius 2 is 0.867 bits per heavy atom. The van der Waals surface area contributed by atoms with Gasteiger partial charge in [-0.25, -0.2) is 0 Å². The first-order valence-corrected chi connectivity index (χ1v) is 10.2. The van der Waals surface area contributed by atoms with Crippen LogP contribution in [0.15, 0.2) is 127 Å². The molecule has 5 aromatic rings. The lowest BCUT2D eigenvalue weighted by molar-refractivity contribution is 0.462. The van der Waals surface area contributed by atoms with Crippen molar-refractivity contribution in [2.75, 3.05) is 0 Å².